The molecule has 2 aliphatic rings. The number of nitrogens with zero attached hydrogens (tertiary/aromatic N) is 1. The third kappa shape index (κ3) is 3.74. The molecule has 20 heavy (non-hydrogen) atoms. The zero-order chi connectivity index (χ0) is 14.8. The van der Waals surface area contributed by atoms with E-state index in [1.54, 1.807) is 0 Å². The van der Waals surface area contributed by atoms with Crippen LogP contribution in [0.3, 0.4) is 0 Å². The Morgan fingerprint density at radius 1 is 0.950 bits per heavy atom. The minimum Gasteiger partial charge on any atom is -0.386 e. The highest BCUT2D eigenvalue weighted by molar-refractivity contribution is 6.89. The fourth-order valence-corrected chi connectivity index (χ4v) is 13.3. The molecule has 2 unspecified atom stereocenters. The lowest BCUT2D eigenvalue weighted by Crippen LogP contribution is -2.64. The van der Waals surface area contributed by atoms with Gasteiger partial charge in [0.2, 0.25) is 0 Å². The lowest BCUT2D eigenvalue weighted by molar-refractivity contribution is 0.0824. The molecule has 0 radical (unpaired) electrons. The molecular weight excluding hydrogens is 282 g/mol. The minimum atomic E-state index is -2.16. The maximum atomic E-state index is 6.06. The quantitative estimate of drug-likeness (QED) is 0.724. The molecule has 0 bridgehead atoms. The molecule has 1 saturated heterocycles. The normalized spacial score (nSPS) is 29.2. The Balaban J connectivity index is 2.09. The molecular formula is C15H33NO2Si2. The molecule has 3 nitrogen and oxygen atoms in total. The number of fused-ring (bicyclic) bond motifs is 1. The van der Waals surface area contributed by atoms with E-state index in [1.165, 1.54) is 50.9 Å². The summed E-state index contributed by atoms with van der Waals surface area (Å²) < 4.78 is 14.8. The van der Waals surface area contributed by atoms with E-state index in [1.807, 2.05) is 14.2 Å². The van der Waals surface area contributed by atoms with Crippen molar-refractivity contribution in [2.45, 2.75) is 57.4 Å². The Hall–Kier alpha value is 0.314. The Morgan fingerprint density at radius 2 is 1.55 bits per heavy atom. The van der Waals surface area contributed by atoms with Gasteiger partial charge in [-0.15, -0.1) is 0 Å². The van der Waals surface area contributed by atoms with Gasteiger partial charge >= 0.3 is 8.72 Å². The van der Waals surface area contributed by atoms with Crippen molar-refractivity contribution in [3.05, 3.63) is 0 Å². The van der Waals surface area contributed by atoms with Crippen LogP contribution in [-0.4, -0.2) is 48.7 Å². The summed E-state index contributed by atoms with van der Waals surface area (Å²) in [5, 5.41) is 0. The van der Waals surface area contributed by atoms with Crippen LogP contribution in [0.15, 0.2) is 0 Å². The Morgan fingerprint density at radius 3 is 2.10 bits per heavy atom. The standard InChI is InChI=1S/C15H33NO2Si2/c1-17-20(18-2,13-19(3,4)5)16-11-10-14-8-6-7-9-15(14)12-16/h14-15H,6-13H2,1-5H3. The number of hydrogen-bond donors (Lipinski definition) is 0. The molecule has 2 fully saturated rings. The second kappa shape index (κ2) is 6.61. The van der Waals surface area contributed by atoms with Crippen LogP contribution >= 0.6 is 0 Å². The van der Waals surface area contributed by atoms with Crippen LogP contribution in [0.1, 0.15) is 32.1 Å². The largest absolute Gasteiger partial charge is 0.424 e. The molecule has 1 saturated carbocycles. The molecule has 0 aromatic heterocycles. The average Bonchev–Trinajstić information content (AvgIpc) is 2.43. The van der Waals surface area contributed by atoms with Gasteiger partial charge in [0.05, 0.1) is 0 Å². The summed E-state index contributed by atoms with van der Waals surface area (Å²) in [6, 6.07) is 0. The first-order chi connectivity index (χ1) is 9.40. The molecule has 1 heterocycles. The van der Waals surface area contributed by atoms with Crippen LogP contribution in [0.25, 0.3) is 0 Å². The number of hydrogen-bond acceptors (Lipinski definition) is 3. The van der Waals surface area contributed by atoms with Crippen molar-refractivity contribution < 1.29 is 8.85 Å². The molecule has 1 aliphatic carbocycles. The molecule has 118 valence electrons. The zero-order valence-corrected chi connectivity index (χ0v) is 16.1. The summed E-state index contributed by atoms with van der Waals surface area (Å²) in [6.45, 7) is 9.71. The van der Waals surface area contributed by atoms with Gasteiger partial charge in [0, 0.05) is 28.0 Å². The lowest BCUT2D eigenvalue weighted by Gasteiger charge is -2.48. The van der Waals surface area contributed by atoms with Gasteiger partial charge < -0.3 is 8.85 Å². The lowest BCUT2D eigenvalue weighted by atomic mass is 9.76. The van der Waals surface area contributed by atoms with E-state index in [0.29, 0.717) is 0 Å². The van der Waals surface area contributed by atoms with Crippen LogP contribution < -0.4 is 0 Å². The van der Waals surface area contributed by atoms with Crippen LogP contribution in [-0.2, 0) is 8.85 Å². The van der Waals surface area contributed by atoms with E-state index in [0.717, 1.165) is 11.8 Å². The fourth-order valence-electron chi connectivity index (χ4n) is 4.18. The van der Waals surface area contributed by atoms with Crippen molar-refractivity contribution in [1.29, 1.82) is 0 Å². The van der Waals surface area contributed by atoms with E-state index in [9.17, 15) is 0 Å². The monoisotopic (exact) mass is 315 g/mol. The molecule has 0 aromatic rings. The fraction of sp³-hybridized carbons (Fsp3) is 1.00. The molecule has 5 heteroatoms. The molecule has 0 N–H and O–H groups in total. The van der Waals surface area contributed by atoms with Crippen LogP contribution in [0.2, 0.25) is 25.3 Å². The molecule has 1 aliphatic heterocycles. The van der Waals surface area contributed by atoms with Crippen molar-refractivity contribution in [3.8, 4) is 0 Å². The molecule has 0 aromatic carbocycles. The highest BCUT2D eigenvalue weighted by Crippen LogP contribution is 2.38. The first-order valence-corrected chi connectivity index (χ1v) is 13.9. The van der Waals surface area contributed by atoms with Crippen LogP contribution in [0.4, 0.5) is 0 Å². The summed E-state index contributed by atoms with van der Waals surface area (Å²) in [4.78, 5) is 0. The van der Waals surface area contributed by atoms with Gasteiger partial charge in [-0.2, -0.15) is 0 Å². The van der Waals surface area contributed by atoms with E-state index in [2.05, 4.69) is 24.2 Å². The summed E-state index contributed by atoms with van der Waals surface area (Å²) in [7, 11) is 0.404. The predicted molar refractivity (Wildman–Crippen MR) is 89.6 cm³/mol. The topological polar surface area (TPSA) is 21.7 Å². The Kier molecular flexibility index (Phi) is 5.51. The summed E-state index contributed by atoms with van der Waals surface area (Å²) >= 11 is 0. The Labute approximate surface area is 127 Å². The van der Waals surface area contributed by atoms with Crippen molar-refractivity contribution in [2.24, 2.45) is 11.8 Å². The SMILES string of the molecule is CO[Si](C[Si](C)(C)C)(OC)N1CCC2CCCCC2C1. The van der Waals surface area contributed by atoms with Crippen LogP contribution in [0.5, 0.6) is 0 Å². The third-order valence-corrected chi connectivity index (χ3v) is 13.8. The van der Waals surface area contributed by atoms with Gasteiger partial charge in [-0.05, 0) is 37.8 Å². The molecule has 2 atom stereocenters. The average molecular weight is 316 g/mol. The van der Waals surface area contributed by atoms with E-state index in [-0.39, 0.29) is 0 Å². The highest BCUT2D eigenvalue weighted by atomic mass is 28.4. The second-order valence-electron chi connectivity index (χ2n) is 7.90. The van der Waals surface area contributed by atoms with E-state index >= 15 is 0 Å². The van der Waals surface area contributed by atoms with Gasteiger partial charge in [-0.1, -0.05) is 38.9 Å². The third-order valence-electron chi connectivity index (χ3n) is 5.16. The number of piperidine rings is 1. The van der Waals surface area contributed by atoms with Crippen molar-refractivity contribution in [3.63, 3.8) is 0 Å². The first kappa shape index (κ1) is 16.7. The van der Waals surface area contributed by atoms with Gasteiger partial charge in [-0.3, -0.25) is 4.57 Å². The highest BCUT2D eigenvalue weighted by Gasteiger charge is 2.49. The summed E-state index contributed by atoms with van der Waals surface area (Å²) in [5.74, 6) is 1.88. The smallest absolute Gasteiger partial charge is 0.386 e. The summed E-state index contributed by atoms with van der Waals surface area (Å²) in [6.07, 6.45) is 7.12. The second-order valence-corrected chi connectivity index (χ2v) is 17.3. The predicted octanol–water partition coefficient (Wildman–Crippen LogP) is 3.61. The molecule has 2 rings (SSSR count). The summed E-state index contributed by atoms with van der Waals surface area (Å²) in [5.41, 5.74) is 1.18. The Bertz CT molecular complexity index is 315. The first-order valence-electron chi connectivity index (χ1n) is 8.25. The maximum absolute atomic E-state index is 6.06. The van der Waals surface area contributed by atoms with Gasteiger partial charge in [0.1, 0.15) is 0 Å². The van der Waals surface area contributed by atoms with Crippen molar-refractivity contribution in [2.75, 3.05) is 27.3 Å². The van der Waals surface area contributed by atoms with Crippen LogP contribution in [0, 0.1) is 11.8 Å². The van der Waals surface area contributed by atoms with Crippen molar-refractivity contribution >= 4 is 16.8 Å². The zero-order valence-electron chi connectivity index (χ0n) is 14.1. The minimum absolute atomic E-state index is 0.899. The van der Waals surface area contributed by atoms with Gasteiger partial charge in [-0.25, -0.2) is 0 Å². The maximum Gasteiger partial charge on any atom is 0.424 e. The molecule has 0 amide bonds. The number of rotatable bonds is 5. The van der Waals surface area contributed by atoms with E-state index in [4.69, 9.17) is 8.85 Å². The molecule has 0 spiro atoms. The van der Waals surface area contributed by atoms with Gasteiger partial charge in [0.25, 0.3) is 0 Å². The van der Waals surface area contributed by atoms with Gasteiger partial charge in [0.15, 0.2) is 0 Å². The van der Waals surface area contributed by atoms with E-state index < -0.39 is 16.8 Å². The van der Waals surface area contributed by atoms with Crippen molar-refractivity contribution in [1.82, 2.24) is 4.57 Å².